The molecule has 1 aromatic heterocycles. The van der Waals surface area contributed by atoms with Gasteiger partial charge in [0.2, 0.25) is 5.76 Å². The number of halogens is 1. The van der Waals surface area contributed by atoms with Crippen LogP contribution in [0.3, 0.4) is 0 Å². The molecule has 1 fully saturated rings. The number of hydrogen-bond acceptors (Lipinski definition) is 7. The van der Waals surface area contributed by atoms with E-state index in [2.05, 4.69) is 26.0 Å². The Hall–Kier alpha value is -3.27. The highest BCUT2D eigenvalue weighted by molar-refractivity contribution is 9.10. The lowest BCUT2D eigenvalue weighted by atomic mass is 10.1. The molecule has 31 heavy (non-hydrogen) atoms. The van der Waals surface area contributed by atoms with Crippen LogP contribution in [0.4, 0.5) is 4.79 Å². The van der Waals surface area contributed by atoms with E-state index in [9.17, 15) is 14.4 Å². The van der Waals surface area contributed by atoms with Gasteiger partial charge in [-0.3, -0.25) is 9.69 Å². The summed E-state index contributed by atoms with van der Waals surface area (Å²) < 4.78 is 21.8. The summed E-state index contributed by atoms with van der Waals surface area (Å²) in [6.07, 6.45) is 1.55. The second-order valence-corrected chi connectivity index (χ2v) is 7.18. The van der Waals surface area contributed by atoms with Gasteiger partial charge in [0.15, 0.2) is 11.5 Å². The third-order valence-corrected chi connectivity index (χ3v) is 4.97. The van der Waals surface area contributed by atoms with E-state index in [4.69, 9.17) is 13.9 Å². The van der Waals surface area contributed by atoms with Gasteiger partial charge in [0.05, 0.1) is 26.9 Å². The Kier molecular flexibility index (Phi) is 7.01. The summed E-state index contributed by atoms with van der Waals surface area (Å²) in [5.41, 5.74) is 0.723. The summed E-state index contributed by atoms with van der Waals surface area (Å²) in [5, 5.41) is 2.55. The highest BCUT2D eigenvalue weighted by atomic mass is 79.9. The summed E-state index contributed by atoms with van der Waals surface area (Å²) in [5.74, 6) is 0.183. The quantitative estimate of drug-likeness (QED) is 0.339. The normalized spacial score (nSPS) is 14.7. The van der Waals surface area contributed by atoms with Gasteiger partial charge in [-0.25, -0.2) is 9.59 Å². The van der Waals surface area contributed by atoms with Gasteiger partial charge in [0, 0.05) is 4.47 Å². The maximum Gasteiger partial charge on any atom is 0.373 e. The Labute approximate surface area is 187 Å². The minimum absolute atomic E-state index is 0.0120. The molecule has 2 heterocycles. The van der Waals surface area contributed by atoms with Crippen LogP contribution in [0.15, 0.2) is 38.9 Å². The molecule has 164 valence electrons. The average Bonchev–Trinajstić information content (AvgIpc) is 3.31. The Morgan fingerprint density at radius 2 is 1.84 bits per heavy atom. The van der Waals surface area contributed by atoms with E-state index in [-0.39, 0.29) is 23.8 Å². The number of esters is 1. The number of furan rings is 1. The van der Waals surface area contributed by atoms with Crippen molar-refractivity contribution < 1.29 is 33.0 Å². The number of imide groups is 1. The second kappa shape index (κ2) is 9.69. The van der Waals surface area contributed by atoms with Crippen molar-refractivity contribution in [3.63, 3.8) is 0 Å². The van der Waals surface area contributed by atoms with Crippen LogP contribution in [0.2, 0.25) is 0 Å². The van der Waals surface area contributed by atoms with Gasteiger partial charge in [-0.1, -0.05) is 15.9 Å². The molecule has 0 spiro atoms. The lowest BCUT2D eigenvalue weighted by Gasteiger charge is -2.13. The number of urea groups is 1. The Balaban J connectivity index is 1.83. The molecule has 3 rings (SSSR count). The first-order valence-electron chi connectivity index (χ1n) is 9.48. The first-order chi connectivity index (χ1) is 14.9. The first-order valence-corrected chi connectivity index (χ1v) is 10.3. The smallest absolute Gasteiger partial charge is 0.373 e. The molecular weight excluding hydrogens is 472 g/mol. The average molecular weight is 493 g/mol. The maximum absolute atomic E-state index is 12.8. The van der Waals surface area contributed by atoms with Crippen LogP contribution in [-0.4, -0.2) is 43.1 Å². The molecule has 0 bridgehead atoms. The van der Waals surface area contributed by atoms with Crippen molar-refractivity contribution >= 4 is 39.9 Å². The zero-order chi connectivity index (χ0) is 22.5. The predicted octanol–water partition coefficient (Wildman–Crippen LogP) is 3.72. The van der Waals surface area contributed by atoms with Crippen LogP contribution in [-0.2, 0) is 16.1 Å². The van der Waals surface area contributed by atoms with Crippen molar-refractivity contribution in [2.45, 2.75) is 20.4 Å². The first kappa shape index (κ1) is 22.4. The molecule has 1 aromatic carbocycles. The topological polar surface area (TPSA) is 107 Å². The van der Waals surface area contributed by atoms with Crippen molar-refractivity contribution in [1.82, 2.24) is 10.2 Å². The van der Waals surface area contributed by atoms with Gasteiger partial charge in [-0.15, -0.1) is 0 Å². The number of benzene rings is 1. The monoisotopic (exact) mass is 492 g/mol. The van der Waals surface area contributed by atoms with Crippen LogP contribution in [0.1, 0.15) is 35.7 Å². The van der Waals surface area contributed by atoms with E-state index >= 15 is 0 Å². The fourth-order valence-electron chi connectivity index (χ4n) is 2.90. The highest BCUT2D eigenvalue weighted by Gasteiger charge is 2.34. The minimum Gasteiger partial charge on any atom is -0.490 e. The molecule has 3 amide bonds. The van der Waals surface area contributed by atoms with E-state index < -0.39 is 17.9 Å². The van der Waals surface area contributed by atoms with Crippen molar-refractivity contribution in [2.75, 3.05) is 20.3 Å². The number of ether oxygens (including phenoxy) is 3. The Morgan fingerprint density at radius 3 is 2.48 bits per heavy atom. The Bertz CT molecular complexity index is 1040. The summed E-state index contributed by atoms with van der Waals surface area (Å²) in [6.45, 7) is 4.51. The Morgan fingerprint density at radius 1 is 1.16 bits per heavy atom. The van der Waals surface area contributed by atoms with Gasteiger partial charge in [-0.2, -0.15) is 0 Å². The lowest BCUT2D eigenvalue weighted by Crippen LogP contribution is -2.30. The minimum atomic E-state index is -0.644. The van der Waals surface area contributed by atoms with Crippen LogP contribution in [0, 0.1) is 0 Å². The molecular formula is C21H21BrN2O7. The molecule has 0 unspecified atom stereocenters. The van der Waals surface area contributed by atoms with Gasteiger partial charge in [0.25, 0.3) is 5.91 Å². The molecule has 0 atom stereocenters. The van der Waals surface area contributed by atoms with Crippen molar-refractivity contribution in [3.8, 4) is 11.5 Å². The number of carbonyl (C=O) groups is 3. The number of hydrogen-bond donors (Lipinski definition) is 1. The summed E-state index contributed by atoms with van der Waals surface area (Å²) in [7, 11) is 1.23. The van der Waals surface area contributed by atoms with Crippen molar-refractivity contribution in [1.29, 1.82) is 0 Å². The number of nitrogens with zero attached hydrogens (tertiary/aromatic N) is 1. The zero-order valence-corrected chi connectivity index (χ0v) is 18.8. The molecule has 1 aliphatic heterocycles. The SMILES string of the molecule is CCOc1cc(Br)c(/C=C2\NC(=O)N(Cc3ccc(C(=O)OC)o3)C2=O)cc1OCC. The van der Waals surface area contributed by atoms with Crippen LogP contribution in [0.25, 0.3) is 6.08 Å². The van der Waals surface area contributed by atoms with Gasteiger partial charge in [-0.05, 0) is 49.8 Å². The predicted molar refractivity (Wildman–Crippen MR) is 114 cm³/mol. The molecule has 1 aliphatic rings. The van der Waals surface area contributed by atoms with Crippen LogP contribution in [0.5, 0.6) is 11.5 Å². The number of nitrogens with one attached hydrogen (secondary N) is 1. The number of rotatable bonds is 8. The van der Waals surface area contributed by atoms with Crippen molar-refractivity contribution in [3.05, 3.63) is 51.5 Å². The molecule has 0 aliphatic carbocycles. The standard InChI is InChI=1S/C21H21BrN2O7/c1-4-29-17-9-12(14(22)10-18(17)30-5-2)8-15-19(25)24(21(27)23-15)11-13-6-7-16(31-13)20(26)28-3/h6-10H,4-5,11H2,1-3H3,(H,23,27)/b15-8-. The van der Waals surface area contributed by atoms with E-state index in [1.165, 1.54) is 19.2 Å². The summed E-state index contributed by atoms with van der Waals surface area (Å²) in [4.78, 5) is 37.6. The largest absolute Gasteiger partial charge is 0.490 e. The second-order valence-electron chi connectivity index (χ2n) is 6.32. The molecule has 1 N–H and O–H groups in total. The number of methoxy groups -OCH3 is 1. The lowest BCUT2D eigenvalue weighted by molar-refractivity contribution is -0.123. The number of carbonyl (C=O) groups excluding carboxylic acids is 3. The molecule has 9 nitrogen and oxygen atoms in total. The molecule has 10 heteroatoms. The fraction of sp³-hybridized carbons (Fsp3) is 0.286. The van der Waals surface area contributed by atoms with E-state index in [1.54, 1.807) is 18.2 Å². The zero-order valence-electron chi connectivity index (χ0n) is 17.2. The van der Waals surface area contributed by atoms with Gasteiger partial charge >= 0.3 is 12.0 Å². The maximum atomic E-state index is 12.8. The van der Waals surface area contributed by atoms with Gasteiger partial charge < -0.3 is 23.9 Å². The molecule has 2 aromatic rings. The summed E-state index contributed by atoms with van der Waals surface area (Å²) >= 11 is 3.46. The van der Waals surface area contributed by atoms with E-state index in [0.29, 0.717) is 34.7 Å². The van der Waals surface area contributed by atoms with E-state index in [1.807, 2.05) is 13.8 Å². The summed E-state index contributed by atoms with van der Waals surface area (Å²) in [6, 6.07) is 5.80. The van der Waals surface area contributed by atoms with Crippen LogP contribution < -0.4 is 14.8 Å². The third kappa shape index (κ3) is 4.91. The fourth-order valence-corrected chi connectivity index (χ4v) is 3.33. The third-order valence-electron chi connectivity index (χ3n) is 4.29. The number of amides is 3. The van der Waals surface area contributed by atoms with Crippen LogP contribution >= 0.6 is 15.9 Å². The molecule has 1 saturated heterocycles. The van der Waals surface area contributed by atoms with Gasteiger partial charge in [0.1, 0.15) is 11.5 Å². The molecule has 0 radical (unpaired) electrons. The van der Waals surface area contributed by atoms with E-state index in [0.717, 1.165) is 4.90 Å². The highest BCUT2D eigenvalue weighted by Crippen LogP contribution is 2.35. The van der Waals surface area contributed by atoms with Crippen molar-refractivity contribution in [2.24, 2.45) is 0 Å². The molecule has 0 saturated carbocycles.